The molecule has 6 heavy (non-hydrogen) atoms. The van der Waals surface area contributed by atoms with Crippen LogP contribution in [-0.2, 0) is 0 Å². The topological polar surface area (TPSA) is 20.2 Å². The lowest BCUT2D eigenvalue weighted by atomic mass is 11.9. The molecule has 0 aliphatic heterocycles. The minimum Gasteiger partial charge on any atom is -0.362 e. The van der Waals surface area contributed by atoms with E-state index in [-0.39, 0.29) is 0 Å². The van der Waals surface area contributed by atoms with Crippen LogP contribution in [0.3, 0.4) is 0 Å². The fourth-order valence-corrected chi connectivity index (χ4v) is 0. The Balaban J connectivity index is 3.73. The molecule has 0 bridgehead atoms. The molecule has 0 atom stereocenters. The third-order valence-corrected chi connectivity index (χ3v) is 0. The minimum atomic E-state index is -2.08. The lowest BCUT2D eigenvalue weighted by molar-refractivity contribution is 0.641. The zero-order valence-electron chi connectivity index (χ0n) is 4.27. The highest BCUT2D eigenvalue weighted by Gasteiger charge is 2.11. The summed E-state index contributed by atoms with van der Waals surface area (Å²) < 4.78 is 9.10. The van der Waals surface area contributed by atoms with Crippen molar-refractivity contribution in [3.63, 3.8) is 0 Å². The largest absolute Gasteiger partial charge is 0.362 e. The van der Waals surface area contributed by atoms with Crippen LogP contribution in [0, 0.1) is 0 Å². The molecule has 0 aliphatic rings. The molecular weight excluding hydrogens is 211 g/mol. The summed E-state index contributed by atoms with van der Waals surface area (Å²) in [5.74, 6) is 0. The Morgan fingerprint density at radius 3 is 1.33 bits per heavy atom. The average molecular weight is 222 g/mol. The van der Waals surface area contributed by atoms with Gasteiger partial charge < -0.3 is 4.55 Å². The molecule has 0 fully saturated rings. The van der Waals surface area contributed by atoms with Crippen molar-refractivity contribution >= 4 is 27.8 Å². The Labute approximate surface area is 51.2 Å². The zero-order valence-corrected chi connectivity index (χ0v) is 7.32. The van der Waals surface area contributed by atoms with Gasteiger partial charge in [-0.3, -0.25) is 0 Å². The van der Waals surface area contributed by atoms with E-state index in [1.807, 2.05) is 18.8 Å². The van der Waals surface area contributed by atoms with Gasteiger partial charge in [0.1, 0.15) is 0 Å². The van der Waals surface area contributed by atoms with Crippen molar-refractivity contribution in [2.24, 2.45) is 0 Å². The van der Waals surface area contributed by atoms with E-state index in [4.69, 9.17) is 4.55 Å². The third kappa shape index (κ3) is 76.1. The van der Waals surface area contributed by atoms with Crippen LogP contribution in [0.5, 0.6) is 0 Å². The lowest BCUT2D eigenvalue weighted by Crippen LogP contribution is -1.98. The van der Waals surface area contributed by atoms with Crippen LogP contribution < -0.4 is 0 Å². The second kappa shape index (κ2) is 1.26. The summed E-state index contributed by atoms with van der Waals surface area (Å²) in [5.41, 5.74) is 0. The van der Waals surface area contributed by atoms with Gasteiger partial charge in [-0.25, -0.2) is 0 Å². The Morgan fingerprint density at radius 2 is 1.33 bits per heavy atom. The van der Waals surface area contributed by atoms with E-state index in [2.05, 4.69) is 21.2 Å². The van der Waals surface area contributed by atoms with Crippen molar-refractivity contribution < 1.29 is 4.55 Å². The van der Waals surface area contributed by atoms with Gasteiger partial charge in [-0.2, -0.15) is 6.61 Å². The van der Waals surface area contributed by atoms with Crippen LogP contribution in [0.1, 0.15) is 0 Å². The second-order valence-electron chi connectivity index (χ2n) is 2.52. The van der Waals surface area contributed by atoms with Gasteiger partial charge in [0.15, 0.2) is 0 Å². The smallest absolute Gasteiger partial charge is 0.0217 e. The molecule has 42 valence electrons. The summed E-state index contributed by atoms with van der Waals surface area (Å²) in [6.45, 7) is -2.08. The summed E-state index contributed by atoms with van der Waals surface area (Å²) in [5, 5.41) is 0. The number of hydrogen-bond acceptors (Lipinski definition) is 1. The van der Waals surface area contributed by atoms with E-state index in [1.54, 1.807) is 0 Å². The molecule has 0 spiro atoms. The SMILES string of the molecule is C[SH](C)(C)(O)I. The van der Waals surface area contributed by atoms with Gasteiger partial charge in [0.2, 0.25) is 0 Å². The van der Waals surface area contributed by atoms with Crippen molar-refractivity contribution in [2.75, 3.05) is 18.8 Å². The van der Waals surface area contributed by atoms with Gasteiger partial charge in [0.25, 0.3) is 0 Å². The van der Waals surface area contributed by atoms with Gasteiger partial charge in [0.05, 0.1) is 0 Å². The summed E-state index contributed by atoms with van der Waals surface area (Å²) in [7, 11) is 0. The van der Waals surface area contributed by atoms with Crippen LogP contribution in [0.4, 0.5) is 0 Å². The number of hydrogen-bond donors (Lipinski definition) is 2. The summed E-state index contributed by atoms with van der Waals surface area (Å²) in [6.07, 6.45) is 5.64. The maximum absolute atomic E-state index is 9.10. The predicted octanol–water partition coefficient (Wildman–Crippen LogP) is 1.77. The van der Waals surface area contributed by atoms with Gasteiger partial charge in [0, 0.05) is 0 Å². The highest BCUT2D eigenvalue weighted by molar-refractivity contribution is 14.2. The zero-order chi connectivity index (χ0) is 5.45. The molecule has 0 aliphatic carbocycles. The Morgan fingerprint density at radius 1 is 1.33 bits per heavy atom. The lowest BCUT2D eigenvalue weighted by Gasteiger charge is -2.37. The van der Waals surface area contributed by atoms with E-state index < -0.39 is 6.61 Å². The van der Waals surface area contributed by atoms with Gasteiger partial charge in [-0.1, -0.05) is 0 Å². The van der Waals surface area contributed by atoms with Crippen LogP contribution in [0.15, 0.2) is 0 Å². The summed E-state index contributed by atoms with van der Waals surface area (Å²) >= 11 is 2.10. The predicted molar refractivity (Wildman–Crippen MR) is 43.4 cm³/mol. The van der Waals surface area contributed by atoms with E-state index >= 15 is 0 Å². The van der Waals surface area contributed by atoms with E-state index in [9.17, 15) is 0 Å². The highest BCUT2D eigenvalue weighted by Crippen LogP contribution is 2.63. The molecule has 0 unspecified atom stereocenters. The normalized spacial score (nSPS) is 19.2. The third-order valence-electron chi connectivity index (χ3n) is 0. The fourth-order valence-electron chi connectivity index (χ4n) is 0. The van der Waals surface area contributed by atoms with Crippen LogP contribution >= 0.6 is 27.8 Å². The Hall–Kier alpha value is 1.04. The molecule has 0 heterocycles. The maximum Gasteiger partial charge on any atom is -0.0217 e. The van der Waals surface area contributed by atoms with Crippen molar-refractivity contribution in [1.82, 2.24) is 0 Å². The monoisotopic (exact) mass is 222 g/mol. The summed E-state index contributed by atoms with van der Waals surface area (Å²) in [6, 6.07) is 0. The number of rotatable bonds is 0. The van der Waals surface area contributed by atoms with Crippen LogP contribution in [0.25, 0.3) is 0 Å². The molecule has 0 radical (unpaired) electrons. The molecule has 0 amide bonds. The fraction of sp³-hybridized carbons (Fsp3) is 1.00. The van der Waals surface area contributed by atoms with E-state index in [1.165, 1.54) is 0 Å². The molecule has 0 aromatic rings. The number of halogens is 1. The van der Waals surface area contributed by atoms with Crippen molar-refractivity contribution in [2.45, 2.75) is 0 Å². The Kier molecular flexibility index (Phi) is 1.48. The highest BCUT2D eigenvalue weighted by atomic mass is 127. The van der Waals surface area contributed by atoms with Crippen molar-refractivity contribution in [3.05, 3.63) is 0 Å². The first-order valence-electron chi connectivity index (χ1n) is 1.71. The maximum atomic E-state index is 9.10. The van der Waals surface area contributed by atoms with Gasteiger partial charge >= 0.3 is 0 Å². The molecule has 0 aromatic heterocycles. The van der Waals surface area contributed by atoms with E-state index in [0.717, 1.165) is 0 Å². The standard InChI is InChI=1S/C3H11IOS/c1-6(2,3,4)5/h5-6H,1-3H3. The minimum absolute atomic E-state index is 1.88. The summed E-state index contributed by atoms with van der Waals surface area (Å²) in [4.78, 5) is 0. The molecule has 1 N–H and O–H groups in total. The first-order valence-corrected chi connectivity index (χ1v) is 8.03. The van der Waals surface area contributed by atoms with Gasteiger partial charge in [-0.05, 0) is 40.0 Å². The molecule has 0 saturated carbocycles. The molecule has 3 heteroatoms. The molecule has 1 nitrogen and oxygen atoms in total. The first-order chi connectivity index (χ1) is 2.24. The van der Waals surface area contributed by atoms with Crippen LogP contribution in [-0.4, -0.2) is 23.3 Å². The molecular formula is C3H11IOS. The average Bonchev–Trinajstić information content (AvgIpc) is 0.650. The van der Waals surface area contributed by atoms with Gasteiger partial charge in [-0.15, -0.1) is 0 Å². The molecule has 0 aromatic carbocycles. The molecule has 0 rings (SSSR count). The van der Waals surface area contributed by atoms with E-state index in [0.29, 0.717) is 0 Å². The van der Waals surface area contributed by atoms with Crippen molar-refractivity contribution in [1.29, 1.82) is 0 Å². The second-order valence-corrected chi connectivity index (χ2v) is 17.6. The first kappa shape index (κ1) is 7.04. The van der Waals surface area contributed by atoms with Crippen LogP contribution in [0.2, 0.25) is 0 Å². The Bertz CT molecular complexity index is 44.0. The van der Waals surface area contributed by atoms with Crippen molar-refractivity contribution in [3.8, 4) is 0 Å². The quantitative estimate of drug-likeness (QED) is 0.472. The molecule has 0 saturated heterocycles. The number of thiol groups is 1.